The van der Waals surface area contributed by atoms with Gasteiger partial charge in [-0.05, 0) is 12.1 Å². The fourth-order valence-corrected chi connectivity index (χ4v) is 1.68. The van der Waals surface area contributed by atoms with Crippen molar-refractivity contribution in [2.45, 2.75) is 12.7 Å². The first-order valence-corrected chi connectivity index (χ1v) is 5.78. The van der Waals surface area contributed by atoms with Gasteiger partial charge in [-0.25, -0.2) is 4.98 Å². The maximum atomic E-state index is 12.4. The first-order valence-electron chi connectivity index (χ1n) is 5.41. The van der Waals surface area contributed by atoms with Gasteiger partial charge in [-0.2, -0.15) is 18.3 Å². The second-order valence-electron chi connectivity index (χ2n) is 3.75. The highest BCUT2D eigenvalue weighted by atomic mass is 35.5. The molecular weight excluding hydrogens is 281 g/mol. The normalized spacial score (nSPS) is 11.6. The number of halogens is 4. The Morgan fingerprint density at radius 3 is 2.74 bits per heavy atom. The van der Waals surface area contributed by atoms with Gasteiger partial charge in [0.05, 0.1) is 17.1 Å². The van der Waals surface area contributed by atoms with E-state index in [1.54, 1.807) is 23.1 Å². The molecule has 0 aliphatic heterocycles. The zero-order chi connectivity index (χ0) is 13.9. The van der Waals surface area contributed by atoms with Gasteiger partial charge in [-0.1, -0.05) is 11.6 Å². The minimum absolute atomic E-state index is 0.0599. The lowest BCUT2D eigenvalue weighted by atomic mass is 10.3. The zero-order valence-electron chi connectivity index (χ0n) is 9.65. The topological polar surface area (TPSA) is 42.7 Å². The summed E-state index contributed by atoms with van der Waals surface area (Å²) in [7, 11) is 0. The van der Waals surface area contributed by atoms with Crippen LogP contribution >= 0.6 is 11.6 Å². The van der Waals surface area contributed by atoms with Crippen LogP contribution in [0.3, 0.4) is 0 Å². The third-order valence-corrected chi connectivity index (χ3v) is 2.65. The molecule has 102 valence electrons. The molecule has 1 N–H and O–H groups in total. The van der Waals surface area contributed by atoms with Gasteiger partial charge >= 0.3 is 6.18 Å². The smallest absolute Gasteiger partial charge is 0.367 e. The molecule has 4 nitrogen and oxygen atoms in total. The third-order valence-electron chi connectivity index (χ3n) is 2.36. The predicted octanol–water partition coefficient (Wildman–Crippen LogP) is 3.06. The maximum absolute atomic E-state index is 12.4. The molecule has 0 aliphatic rings. The van der Waals surface area contributed by atoms with Crippen LogP contribution in [0, 0.1) is 0 Å². The number of nitrogens with zero attached hydrogens (tertiary/aromatic N) is 3. The summed E-state index contributed by atoms with van der Waals surface area (Å²) >= 11 is 5.75. The second kappa shape index (κ2) is 5.48. The van der Waals surface area contributed by atoms with Crippen molar-refractivity contribution < 1.29 is 13.2 Å². The number of nitrogens with one attached hydrogen (secondary N) is 1. The minimum Gasteiger partial charge on any atom is -0.367 e. The van der Waals surface area contributed by atoms with Crippen LogP contribution in [-0.2, 0) is 12.7 Å². The fourth-order valence-electron chi connectivity index (χ4n) is 1.44. The second-order valence-corrected chi connectivity index (χ2v) is 4.16. The van der Waals surface area contributed by atoms with Gasteiger partial charge in [0.2, 0.25) is 0 Å². The lowest BCUT2D eigenvalue weighted by Crippen LogP contribution is -2.13. The number of hydrogen-bond acceptors (Lipinski definition) is 3. The summed E-state index contributed by atoms with van der Waals surface area (Å²) in [4.78, 5) is 3.67. The molecule has 2 aromatic heterocycles. The molecule has 0 unspecified atom stereocenters. The van der Waals surface area contributed by atoms with Gasteiger partial charge < -0.3 is 5.32 Å². The van der Waals surface area contributed by atoms with Gasteiger partial charge in [-0.15, -0.1) is 0 Å². The fraction of sp³-hybridized carbons (Fsp3) is 0.273. The van der Waals surface area contributed by atoms with Crippen LogP contribution in [0.1, 0.15) is 5.56 Å². The molecule has 0 aromatic carbocycles. The summed E-state index contributed by atoms with van der Waals surface area (Å²) in [5.74, 6) is 0.224. The molecule has 0 aliphatic carbocycles. The molecule has 19 heavy (non-hydrogen) atoms. The van der Waals surface area contributed by atoms with E-state index in [2.05, 4.69) is 15.4 Å². The standard InChI is InChI=1S/C11H10ClF3N4/c12-9-6-8(11(13,14)15)7-17-10(9)16-3-5-19-4-1-2-18-19/h1-2,4,6-7H,3,5H2,(H,16,17). The highest BCUT2D eigenvalue weighted by Crippen LogP contribution is 2.32. The summed E-state index contributed by atoms with van der Waals surface area (Å²) in [6.45, 7) is 1.02. The zero-order valence-corrected chi connectivity index (χ0v) is 10.4. The van der Waals surface area contributed by atoms with Crippen LogP contribution in [-0.4, -0.2) is 21.3 Å². The van der Waals surface area contributed by atoms with Crippen LogP contribution in [0.2, 0.25) is 5.02 Å². The first-order chi connectivity index (χ1) is 8.97. The van der Waals surface area contributed by atoms with Crippen LogP contribution in [0.25, 0.3) is 0 Å². The number of rotatable bonds is 4. The largest absolute Gasteiger partial charge is 0.417 e. The Bertz CT molecular complexity index is 539. The molecular formula is C11H10ClF3N4. The van der Waals surface area contributed by atoms with Crippen LogP contribution < -0.4 is 5.32 Å². The van der Waals surface area contributed by atoms with Crippen molar-refractivity contribution in [2.75, 3.05) is 11.9 Å². The van der Waals surface area contributed by atoms with Gasteiger partial charge in [0, 0.05) is 25.1 Å². The van der Waals surface area contributed by atoms with E-state index in [1.165, 1.54) is 0 Å². The summed E-state index contributed by atoms with van der Waals surface area (Å²) in [5.41, 5.74) is -0.866. The number of alkyl halides is 3. The van der Waals surface area contributed by atoms with Crippen molar-refractivity contribution in [3.63, 3.8) is 0 Å². The summed E-state index contributed by atoms with van der Waals surface area (Å²) in [6.07, 6.45) is -0.265. The molecule has 0 fully saturated rings. The van der Waals surface area contributed by atoms with E-state index in [1.807, 2.05) is 0 Å². The molecule has 0 atom stereocenters. The van der Waals surface area contributed by atoms with E-state index >= 15 is 0 Å². The molecule has 8 heteroatoms. The van der Waals surface area contributed by atoms with Crippen LogP contribution in [0.4, 0.5) is 19.0 Å². The average Bonchev–Trinajstić information content (AvgIpc) is 2.83. The van der Waals surface area contributed by atoms with Gasteiger partial charge in [-0.3, -0.25) is 4.68 Å². The Balaban J connectivity index is 1.97. The van der Waals surface area contributed by atoms with Crippen molar-refractivity contribution in [2.24, 2.45) is 0 Å². The maximum Gasteiger partial charge on any atom is 0.417 e. The SMILES string of the molecule is FC(F)(F)c1cnc(NCCn2cccn2)c(Cl)c1. The van der Waals surface area contributed by atoms with E-state index < -0.39 is 11.7 Å². The first kappa shape index (κ1) is 13.7. The average molecular weight is 291 g/mol. The number of anilines is 1. The van der Waals surface area contributed by atoms with Crippen molar-refractivity contribution >= 4 is 17.4 Å². The molecule has 0 radical (unpaired) electrons. The molecule has 2 aromatic rings. The van der Waals surface area contributed by atoms with Gasteiger partial charge in [0.25, 0.3) is 0 Å². The summed E-state index contributed by atoms with van der Waals surface area (Å²) < 4.78 is 38.9. The molecule has 2 heterocycles. The molecule has 0 bridgehead atoms. The Kier molecular flexibility index (Phi) is 3.94. The van der Waals surface area contributed by atoms with E-state index in [0.717, 1.165) is 12.3 Å². The van der Waals surface area contributed by atoms with Crippen molar-refractivity contribution in [1.29, 1.82) is 0 Å². The highest BCUT2D eigenvalue weighted by Gasteiger charge is 2.31. The molecule has 0 spiro atoms. The highest BCUT2D eigenvalue weighted by molar-refractivity contribution is 6.32. The Morgan fingerprint density at radius 2 is 2.16 bits per heavy atom. The van der Waals surface area contributed by atoms with E-state index in [9.17, 15) is 13.2 Å². The van der Waals surface area contributed by atoms with Gasteiger partial charge in [0.1, 0.15) is 5.82 Å². The molecule has 0 amide bonds. The Hall–Kier alpha value is -1.76. The number of hydrogen-bond donors (Lipinski definition) is 1. The summed E-state index contributed by atoms with van der Waals surface area (Å²) in [5, 5.41) is 6.79. The van der Waals surface area contributed by atoms with E-state index in [4.69, 9.17) is 11.6 Å². The predicted molar refractivity (Wildman–Crippen MR) is 65.0 cm³/mol. The molecule has 0 saturated heterocycles. The van der Waals surface area contributed by atoms with E-state index in [-0.39, 0.29) is 10.8 Å². The Labute approximate surface area is 112 Å². The number of aromatic nitrogens is 3. The van der Waals surface area contributed by atoms with Crippen molar-refractivity contribution in [3.05, 3.63) is 41.3 Å². The van der Waals surface area contributed by atoms with Gasteiger partial charge in [0.15, 0.2) is 0 Å². The lowest BCUT2D eigenvalue weighted by molar-refractivity contribution is -0.137. The van der Waals surface area contributed by atoms with Crippen molar-refractivity contribution in [1.82, 2.24) is 14.8 Å². The van der Waals surface area contributed by atoms with Crippen LogP contribution in [0.15, 0.2) is 30.7 Å². The molecule has 2 rings (SSSR count). The molecule has 0 saturated carbocycles. The summed E-state index contributed by atoms with van der Waals surface area (Å²) in [6, 6.07) is 2.63. The van der Waals surface area contributed by atoms with E-state index in [0.29, 0.717) is 13.1 Å². The monoisotopic (exact) mass is 290 g/mol. The minimum atomic E-state index is -4.44. The lowest BCUT2D eigenvalue weighted by Gasteiger charge is -2.10. The van der Waals surface area contributed by atoms with Crippen molar-refractivity contribution in [3.8, 4) is 0 Å². The number of pyridine rings is 1. The quantitative estimate of drug-likeness (QED) is 0.941. The van der Waals surface area contributed by atoms with Crippen LogP contribution in [0.5, 0.6) is 0 Å². The Morgan fingerprint density at radius 1 is 1.37 bits per heavy atom. The third kappa shape index (κ3) is 3.60.